The molecule has 1 heterocycles. The molecule has 0 aliphatic carbocycles. The van der Waals surface area contributed by atoms with E-state index in [1.165, 1.54) is 0 Å². The van der Waals surface area contributed by atoms with Gasteiger partial charge in [0.25, 0.3) is 0 Å². The van der Waals surface area contributed by atoms with E-state index in [4.69, 9.17) is 5.26 Å². The van der Waals surface area contributed by atoms with Gasteiger partial charge in [-0.25, -0.2) is 0 Å². The zero-order valence-electron chi connectivity index (χ0n) is 14.9. The summed E-state index contributed by atoms with van der Waals surface area (Å²) in [5, 5.41) is 8.90. The summed E-state index contributed by atoms with van der Waals surface area (Å²) >= 11 is 0. The van der Waals surface area contributed by atoms with Crippen molar-refractivity contribution in [2.45, 2.75) is 19.4 Å². The van der Waals surface area contributed by atoms with Gasteiger partial charge < -0.3 is 9.80 Å². The van der Waals surface area contributed by atoms with Gasteiger partial charge in [-0.05, 0) is 49.8 Å². The molecule has 0 N–H and O–H groups in total. The maximum atomic E-state index is 12.7. The maximum absolute atomic E-state index is 12.7. The minimum Gasteiger partial charge on any atom is -0.337 e. The quantitative estimate of drug-likeness (QED) is 0.743. The molecule has 0 saturated heterocycles. The van der Waals surface area contributed by atoms with Crippen LogP contribution in [0.25, 0.3) is 0 Å². The normalized spacial score (nSPS) is 10.5. The number of likely N-dealkylation sites (N-methyl/N-ethyl adjacent to an activating group) is 1. The Labute approximate surface area is 149 Å². The Morgan fingerprint density at radius 2 is 1.88 bits per heavy atom. The van der Waals surface area contributed by atoms with Crippen molar-refractivity contribution in [1.82, 2.24) is 14.8 Å². The van der Waals surface area contributed by atoms with Crippen LogP contribution in [0.15, 0.2) is 48.8 Å². The van der Waals surface area contributed by atoms with Crippen molar-refractivity contribution in [2.24, 2.45) is 0 Å². The number of rotatable bonds is 8. The molecule has 2 rings (SSSR count). The lowest BCUT2D eigenvalue weighted by Crippen LogP contribution is -2.36. The first-order valence-electron chi connectivity index (χ1n) is 8.39. The smallest absolute Gasteiger partial charge is 0.223 e. The highest BCUT2D eigenvalue weighted by atomic mass is 16.2. The van der Waals surface area contributed by atoms with E-state index in [1.807, 2.05) is 43.3 Å². The van der Waals surface area contributed by atoms with E-state index in [2.05, 4.69) is 16.0 Å². The van der Waals surface area contributed by atoms with E-state index in [1.54, 1.807) is 24.5 Å². The van der Waals surface area contributed by atoms with Crippen LogP contribution in [-0.4, -0.2) is 47.9 Å². The molecule has 1 aromatic carbocycles. The number of aryl methyl sites for hydroxylation is 1. The summed E-state index contributed by atoms with van der Waals surface area (Å²) in [7, 11) is 4.00. The summed E-state index contributed by atoms with van der Waals surface area (Å²) < 4.78 is 0. The third-order valence-corrected chi connectivity index (χ3v) is 3.98. The van der Waals surface area contributed by atoms with E-state index in [0.29, 0.717) is 31.5 Å². The van der Waals surface area contributed by atoms with Crippen LogP contribution in [0, 0.1) is 11.3 Å². The van der Waals surface area contributed by atoms with Crippen molar-refractivity contribution in [3.63, 3.8) is 0 Å². The Hall–Kier alpha value is -2.71. The number of nitriles is 1. The molecule has 0 fully saturated rings. The number of benzene rings is 1. The van der Waals surface area contributed by atoms with Gasteiger partial charge >= 0.3 is 0 Å². The van der Waals surface area contributed by atoms with Gasteiger partial charge in [0.1, 0.15) is 0 Å². The van der Waals surface area contributed by atoms with E-state index in [9.17, 15) is 4.79 Å². The van der Waals surface area contributed by atoms with E-state index < -0.39 is 0 Å². The van der Waals surface area contributed by atoms with Crippen molar-refractivity contribution in [3.05, 3.63) is 65.5 Å². The van der Waals surface area contributed by atoms with Crippen LogP contribution in [0.3, 0.4) is 0 Å². The molecule has 1 aromatic heterocycles. The molecular formula is C20H24N4O. The third kappa shape index (κ3) is 6.36. The van der Waals surface area contributed by atoms with Gasteiger partial charge in [-0.3, -0.25) is 9.78 Å². The predicted octanol–water partition coefficient (Wildman–Crippen LogP) is 2.48. The Bertz CT molecular complexity index is 705. The minimum atomic E-state index is 0.134. The molecule has 5 nitrogen and oxygen atoms in total. The third-order valence-electron chi connectivity index (χ3n) is 3.98. The monoisotopic (exact) mass is 336 g/mol. The highest BCUT2D eigenvalue weighted by Crippen LogP contribution is 2.10. The van der Waals surface area contributed by atoms with Gasteiger partial charge in [0.05, 0.1) is 11.6 Å². The highest BCUT2D eigenvalue weighted by molar-refractivity contribution is 5.76. The number of carbonyl (C=O) groups excluding carboxylic acids is 1. The van der Waals surface area contributed by atoms with Gasteiger partial charge in [0.2, 0.25) is 5.91 Å². The van der Waals surface area contributed by atoms with Gasteiger partial charge in [-0.1, -0.05) is 18.2 Å². The molecule has 2 aromatic rings. The molecule has 0 unspecified atom stereocenters. The first-order valence-corrected chi connectivity index (χ1v) is 8.39. The Morgan fingerprint density at radius 1 is 1.12 bits per heavy atom. The molecule has 0 aliphatic rings. The fourth-order valence-electron chi connectivity index (χ4n) is 2.47. The summed E-state index contributed by atoms with van der Waals surface area (Å²) in [4.78, 5) is 20.7. The summed E-state index contributed by atoms with van der Waals surface area (Å²) in [6.07, 6.45) is 4.70. The van der Waals surface area contributed by atoms with E-state index in [-0.39, 0.29) is 5.91 Å². The second kappa shape index (κ2) is 9.55. The molecular weight excluding hydrogens is 312 g/mol. The average molecular weight is 336 g/mol. The van der Waals surface area contributed by atoms with Gasteiger partial charge in [-0.2, -0.15) is 5.26 Å². The fourth-order valence-corrected chi connectivity index (χ4v) is 2.47. The minimum absolute atomic E-state index is 0.134. The molecule has 0 radical (unpaired) electrons. The average Bonchev–Trinajstić information content (AvgIpc) is 2.64. The SMILES string of the molecule is CN(C)CCN(Cc1ccc(C#N)cc1)C(=O)CCc1cccnc1. The number of nitrogens with zero attached hydrogens (tertiary/aromatic N) is 4. The summed E-state index contributed by atoms with van der Waals surface area (Å²) in [6, 6.07) is 13.4. The first kappa shape index (κ1) is 18.6. The van der Waals surface area contributed by atoms with Crippen molar-refractivity contribution < 1.29 is 4.79 Å². The second-order valence-corrected chi connectivity index (χ2v) is 6.29. The standard InChI is InChI=1S/C20H24N4O/c1-23(2)12-13-24(16-19-7-5-17(14-21)6-8-19)20(25)10-9-18-4-3-11-22-15-18/h3-8,11,15H,9-10,12-13,16H2,1-2H3. The van der Waals surface area contributed by atoms with Crippen LogP contribution < -0.4 is 0 Å². The van der Waals surface area contributed by atoms with Crippen molar-refractivity contribution in [3.8, 4) is 6.07 Å². The van der Waals surface area contributed by atoms with Crippen LogP contribution in [-0.2, 0) is 17.8 Å². The first-order chi connectivity index (χ1) is 12.1. The second-order valence-electron chi connectivity index (χ2n) is 6.29. The maximum Gasteiger partial charge on any atom is 0.223 e. The molecule has 1 amide bonds. The number of carbonyl (C=O) groups is 1. The van der Waals surface area contributed by atoms with Crippen LogP contribution >= 0.6 is 0 Å². The van der Waals surface area contributed by atoms with Gasteiger partial charge in [-0.15, -0.1) is 0 Å². The number of amides is 1. The molecule has 0 atom stereocenters. The Kier molecular flexibility index (Phi) is 7.12. The van der Waals surface area contributed by atoms with Crippen molar-refractivity contribution in [1.29, 1.82) is 5.26 Å². The molecule has 5 heteroatoms. The lowest BCUT2D eigenvalue weighted by atomic mass is 10.1. The molecule has 0 saturated carbocycles. The number of hydrogen-bond acceptors (Lipinski definition) is 4. The van der Waals surface area contributed by atoms with Crippen LogP contribution in [0.1, 0.15) is 23.1 Å². The van der Waals surface area contributed by atoms with Crippen LogP contribution in [0.5, 0.6) is 0 Å². The fraction of sp³-hybridized carbons (Fsp3) is 0.350. The lowest BCUT2D eigenvalue weighted by molar-refractivity contribution is -0.131. The largest absolute Gasteiger partial charge is 0.337 e. The lowest BCUT2D eigenvalue weighted by Gasteiger charge is -2.25. The van der Waals surface area contributed by atoms with E-state index in [0.717, 1.165) is 17.7 Å². The number of aromatic nitrogens is 1. The van der Waals surface area contributed by atoms with Crippen LogP contribution in [0.2, 0.25) is 0 Å². The highest BCUT2D eigenvalue weighted by Gasteiger charge is 2.14. The van der Waals surface area contributed by atoms with Gasteiger partial charge in [0.15, 0.2) is 0 Å². The Morgan fingerprint density at radius 3 is 2.48 bits per heavy atom. The summed E-state index contributed by atoms with van der Waals surface area (Å²) in [5.41, 5.74) is 2.74. The van der Waals surface area contributed by atoms with Crippen LogP contribution in [0.4, 0.5) is 0 Å². The molecule has 130 valence electrons. The molecule has 0 spiro atoms. The zero-order valence-corrected chi connectivity index (χ0v) is 14.9. The van der Waals surface area contributed by atoms with E-state index >= 15 is 0 Å². The predicted molar refractivity (Wildman–Crippen MR) is 97.7 cm³/mol. The van der Waals surface area contributed by atoms with Crippen molar-refractivity contribution in [2.75, 3.05) is 27.2 Å². The molecule has 0 aliphatic heterocycles. The Balaban J connectivity index is 2.00. The van der Waals surface area contributed by atoms with Gasteiger partial charge in [0, 0.05) is 38.4 Å². The number of pyridine rings is 1. The topological polar surface area (TPSA) is 60.2 Å². The summed E-state index contributed by atoms with van der Waals surface area (Å²) in [6.45, 7) is 2.05. The molecule has 25 heavy (non-hydrogen) atoms. The molecule has 0 bridgehead atoms. The van der Waals surface area contributed by atoms with Crippen molar-refractivity contribution >= 4 is 5.91 Å². The summed E-state index contributed by atoms with van der Waals surface area (Å²) in [5.74, 6) is 0.134. The zero-order chi connectivity index (χ0) is 18.1. The number of hydrogen-bond donors (Lipinski definition) is 0.